The summed E-state index contributed by atoms with van der Waals surface area (Å²) in [5.41, 5.74) is 3.99. The molecule has 3 N–H and O–H groups in total. The van der Waals surface area contributed by atoms with E-state index in [1.807, 2.05) is 85.8 Å². The van der Waals surface area contributed by atoms with E-state index in [-0.39, 0.29) is 5.91 Å². The lowest BCUT2D eigenvalue weighted by Gasteiger charge is -2.31. The van der Waals surface area contributed by atoms with E-state index >= 15 is 0 Å². The van der Waals surface area contributed by atoms with Crippen LogP contribution in [0, 0.1) is 0 Å². The first kappa shape index (κ1) is 22.8. The highest BCUT2D eigenvalue weighted by Crippen LogP contribution is 2.33. The summed E-state index contributed by atoms with van der Waals surface area (Å²) in [4.78, 5) is 13.3. The van der Waals surface area contributed by atoms with E-state index in [4.69, 9.17) is 28.6 Å². The van der Waals surface area contributed by atoms with Crippen molar-refractivity contribution in [3.8, 4) is 5.75 Å². The second kappa shape index (κ2) is 10.5. The summed E-state index contributed by atoms with van der Waals surface area (Å²) in [5.74, 6) is 0.477. The highest BCUT2D eigenvalue weighted by molar-refractivity contribution is 7.80. The van der Waals surface area contributed by atoms with Gasteiger partial charge in [-0.25, -0.2) is 0 Å². The Bertz CT molecular complexity index is 1200. The summed E-state index contributed by atoms with van der Waals surface area (Å²) in [6.45, 7) is 2.59. The number of hydrogen-bond donors (Lipinski definition) is 3. The summed E-state index contributed by atoms with van der Waals surface area (Å²) in [7, 11) is 0. The molecule has 1 amide bonds. The lowest BCUT2D eigenvalue weighted by molar-refractivity contribution is -0.118. The third-order valence-corrected chi connectivity index (χ3v) is 5.97. The van der Waals surface area contributed by atoms with Gasteiger partial charge in [-0.3, -0.25) is 4.79 Å². The Labute approximate surface area is 203 Å². The van der Waals surface area contributed by atoms with Gasteiger partial charge in [0.15, 0.2) is 5.11 Å². The van der Waals surface area contributed by atoms with Crippen LogP contribution in [0.15, 0.2) is 90.1 Å². The zero-order valence-electron chi connectivity index (χ0n) is 18.1. The largest absolute Gasteiger partial charge is 0.488 e. The van der Waals surface area contributed by atoms with Crippen molar-refractivity contribution in [2.45, 2.75) is 26.1 Å². The van der Waals surface area contributed by atoms with Gasteiger partial charge in [-0.15, -0.1) is 0 Å². The van der Waals surface area contributed by atoms with Gasteiger partial charge in [-0.05, 0) is 36.8 Å². The quantitative estimate of drug-likeness (QED) is 0.417. The minimum Gasteiger partial charge on any atom is -0.488 e. The second-order valence-electron chi connectivity index (χ2n) is 7.66. The van der Waals surface area contributed by atoms with Gasteiger partial charge in [0, 0.05) is 28.4 Å². The maximum absolute atomic E-state index is 13.3. The molecule has 5 nitrogen and oxygen atoms in total. The van der Waals surface area contributed by atoms with Crippen LogP contribution < -0.4 is 20.7 Å². The molecule has 0 fully saturated rings. The normalized spacial score (nSPS) is 15.5. The number of amides is 1. The first-order chi connectivity index (χ1) is 16.0. The zero-order valence-corrected chi connectivity index (χ0v) is 19.7. The van der Waals surface area contributed by atoms with Crippen LogP contribution in [0.25, 0.3) is 0 Å². The van der Waals surface area contributed by atoms with Gasteiger partial charge in [-0.1, -0.05) is 78.3 Å². The number of rotatable bonds is 7. The van der Waals surface area contributed by atoms with Crippen LogP contribution in [-0.2, 0) is 17.9 Å². The number of nitrogens with one attached hydrogen (secondary N) is 3. The van der Waals surface area contributed by atoms with E-state index in [9.17, 15) is 4.79 Å². The van der Waals surface area contributed by atoms with Crippen molar-refractivity contribution in [3.63, 3.8) is 0 Å². The topological polar surface area (TPSA) is 62.4 Å². The van der Waals surface area contributed by atoms with E-state index in [0.29, 0.717) is 40.3 Å². The molecule has 1 aliphatic heterocycles. The van der Waals surface area contributed by atoms with Crippen molar-refractivity contribution >= 4 is 34.8 Å². The van der Waals surface area contributed by atoms with Crippen LogP contribution in [0.4, 0.5) is 0 Å². The van der Waals surface area contributed by atoms with E-state index in [1.165, 1.54) is 0 Å². The number of thiocarbonyl (C=S) groups is 1. The lowest BCUT2D eigenvalue weighted by atomic mass is 9.94. The molecular formula is C26H24ClN3O2S. The number of carbonyl (C=O) groups excluding carboxylic acids is 1. The van der Waals surface area contributed by atoms with Gasteiger partial charge in [0.1, 0.15) is 12.4 Å². The average molecular weight is 478 g/mol. The Balaban J connectivity index is 1.59. The molecule has 3 aromatic carbocycles. The first-order valence-electron chi connectivity index (χ1n) is 10.6. The Morgan fingerprint density at radius 3 is 2.52 bits per heavy atom. The summed E-state index contributed by atoms with van der Waals surface area (Å²) in [5, 5.41) is 10.4. The summed E-state index contributed by atoms with van der Waals surface area (Å²) >= 11 is 11.7. The zero-order chi connectivity index (χ0) is 23.2. The molecule has 0 saturated carbocycles. The molecule has 3 aromatic rings. The molecule has 0 aromatic heterocycles. The Hall–Kier alpha value is -3.35. The third-order valence-electron chi connectivity index (χ3n) is 5.38. The second-order valence-corrected chi connectivity index (χ2v) is 8.47. The molecule has 0 bridgehead atoms. The summed E-state index contributed by atoms with van der Waals surface area (Å²) in [6.07, 6.45) is 0. The van der Waals surface area contributed by atoms with Crippen molar-refractivity contribution < 1.29 is 9.53 Å². The number of halogens is 1. The number of carbonyl (C=O) groups is 1. The average Bonchev–Trinajstić information content (AvgIpc) is 2.82. The summed E-state index contributed by atoms with van der Waals surface area (Å²) in [6, 6.07) is 24.5. The molecule has 1 unspecified atom stereocenters. The fraction of sp³-hybridized carbons (Fsp3) is 0.154. The highest BCUT2D eigenvalue weighted by atomic mass is 35.5. The maximum Gasteiger partial charge on any atom is 0.251 e. The molecule has 0 saturated heterocycles. The van der Waals surface area contributed by atoms with Crippen molar-refractivity contribution in [1.29, 1.82) is 0 Å². The molecule has 0 aliphatic carbocycles. The van der Waals surface area contributed by atoms with Crippen LogP contribution in [0.5, 0.6) is 5.75 Å². The van der Waals surface area contributed by atoms with Gasteiger partial charge in [0.05, 0.1) is 11.6 Å². The Kier molecular flexibility index (Phi) is 7.27. The Morgan fingerprint density at radius 2 is 1.73 bits per heavy atom. The maximum atomic E-state index is 13.3. The molecule has 1 aliphatic rings. The van der Waals surface area contributed by atoms with Crippen LogP contribution in [0.3, 0.4) is 0 Å². The molecular weight excluding hydrogens is 454 g/mol. The van der Waals surface area contributed by atoms with E-state index in [0.717, 1.165) is 16.7 Å². The van der Waals surface area contributed by atoms with E-state index < -0.39 is 6.04 Å². The van der Waals surface area contributed by atoms with Gasteiger partial charge in [0.2, 0.25) is 0 Å². The monoisotopic (exact) mass is 477 g/mol. The molecule has 0 spiro atoms. The third kappa shape index (κ3) is 5.53. The van der Waals surface area contributed by atoms with Gasteiger partial charge < -0.3 is 20.7 Å². The number of para-hydroxylation sites is 1. The molecule has 1 heterocycles. The van der Waals surface area contributed by atoms with Crippen molar-refractivity contribution in [1.82, 2.24) is 16.0 Å². The minimum atomic E-state index is -0.461. The van der Waals surface area contributed by atoms with Crippen molar-refractivity contribution in [2.75, 3.05) is 0 Å². The smallest absolute Gasteiger partial charge is 0.251 e. The highest BCUT2D eigenvalue weighted by Gasteiger charge is 2.31. The number of ether oxygens (including phenoxy) is 1. The SMILES string of the molecule is CC1=C(C(=O)NCc2ccccc2)C(c2ccccc2OCc2ccccc2Cl)NC(=S)N1. The molecule has 1 atom stereocenters. The Morgan fingerprint density at radius 1 is 1.03 bits per heavy atom. The number of allylic oxidation sites excluding steroid dienone is 1. The molecule has 7 heteroatoms. The number of hydrogen-bond acceptors (Lipinski definition) is 3. The predicted octanol–water partition coefficient (Wildman–Crippen LogP) is 5.03. The molecule has 168 valence electrons. The van der Waals surface area contributed by atoms with Crippen LogP contribution in [-0.4, -0.2) is 11.0 Å². The lowest BCUT2D eigenvalue weighted by Crippen LogP contribution is -2.46. The fourth-order valence-electron chi connectivity index (χ4n) is 3.72. The number of benzene rings is 3. The standard InChI is InChI=1S/C26H24ClN3O2S/c1-17-23(25(31)28-15-18-9-3-2-4-10-18)24(30-26(33)29-17)20-12-6-8-14-22(20)32-16-19-11-5-7-13-21(19)27/h2-14,24H,15-16H2,1H3,(H,28,31)(H2,29,30,33). The summed E-state index contributed by atoms with van der Waals surface area (Å²) < 4.78 is 6.14. The van der Waals surface area contributed by atoms with Crippen LogP contribution >= 0.6 is 23.8 Å². The molecule has 33 heavy (non-hydrogen) atoms. The first-order valence-corrected chi connectivity index (χ1v) is 11.4. The van der Waals surface area contributed by atoms with Crippen LogP contribution in [0.1, 0.15) is 29.7 Å². The van der Waals surface area contributed by atoms with Crippen molar-refractivity contribution in [3.05, 3.63) is 112 Å². The molecule has 0 radical (unpaired) electrons. The minimum absolute atomic E-state index is 0.176. The van der Waals surface area contributed by atoms with E-state index in [2.05, 4.69) is 16.0 Å². The van der Waals surface area contributed by atoms with Gasteiger partial charge in [-0.2, -0.15) is 0 Å². The molecule has 4 rings (SSSR count). The van der Waals surface area contributed by atoms with Gasteiger partial charge in [0.25, 0.3) is 5.91 Å². The fourth-order valence-corrected chi connectivity index (χ4v) is 4.18. The van der Waals surface area contributed by atoms with Crippen LogP contribution in [0.2, 0.25) is 5.02 Å². The van der Waals surface area contributed by atoms with E-state index in [1.54, 1.807) is 0 Å². The van der Waals surface area contributed by atoms with Gasteiger partial charge >= 0.3 is 0 Å². The predicted molar refractivity (Wildman–Crippen MR) is 135 cm³/mol. The van der Waals surface area contributed by atoms with Crippen molar-refractivity contribution in [2.24, 2.45) is 0 Å².